The smallest absolute Gasteiger partial charge is 0.349 e. The molecule has 2 heterocycles. The molecule has 0 bridgehead atoms. The highest BCUT2D eigenvalue weighted by Gasteiger charge is 2.32. The van der Waals surface area contributed by atoms with Crippen molar-refractivity contribution in [2.75, 3.05) is 6.61 Å². The molecule has 1 unspecified atom stereocenters. The van der Waals surface area contributed by atoms with E-state index < -0.39 is 5.97 Å². The van der Waals surface area contributed by atoms with Crippen molar-refractivity contribution in [3.8, 4) is 5.75 Å². The van der Waals surface area contributed by atoms with E-state index in [0.29, 0.717) is 17.2 Å². The van der Waals surface area contributed by atoms with Crippen molar-refractivity contribution in [2.45, 2.75) is 58.2 Å². The average molecular weight is 298 g/mol. The predicted octanol–water partition coefficient (Wildman–Crippen LogP) is 3.74. The zero-order valence-electron chi connectivity index (χ0n) is 12.3. The van der Waals surface area contributed by atoms with Gasteiger partial charge in [0.25, 0.3) is 0 Å². The van der Waals surface area contributed by atoms with Gasteiger partial charge in [-0.15, -0.1) is 11.3 Å². The van der Waals surface area contributed by atoms with Gasteiger partial charge in [0.1, 0.15) is 12.4 Å². The molecule has 0 saturated carbocycles. The van der Waals surface area contributed by atoms with Gasteiger partial charge in [0.15, 0.2) is 4.88 Å². The van der Waals surface area contributed by atoms with E-state index in [9.17, 15) is 9.90 Å². The summed E-state index contributed by atoms with van der Waals surface area (Å²) < 4.78 is 11.6. The maximum absolute atomic E-state index is 11.2. The second kappa shape index (κ2) is 6.14. The summed E-state index contributed by atoms with van der Waals surface area (Å²) in [5, 5.41) is 9.22. The minimum Gasteiger partial charge on any atom is -0.489 e. The maximum Gasteiger partial charge on any atom is 0.349 e. The number of rotatable bonds is 6. The Morgan fingerprint density at radius 3 is 2.90 bits per heavy atom. The van der Waals surface area contributed by atoms with E-state index in [0.717, 1.165) is 30.6 Å². The Labute approximate surface area is 123 Å². The molecule has 2 rings (SSSR count). The van der Waals surface area contributed by atoms with Crippen LogP contribution in [0.4, 0.5) is 0 Å². The van der Waals surface area contributed by atoms with Crippen LogP contribution in [-0.4, -0.2) is 29.4 Å². The molecule has 0 amide bonds. The number of ether oxygens (including phenoxy) is 2. The van der Waals surface area contributed by atoms with Crippen molar-refractivity contribution >= 4 is 17.3 Å². The maximum atomic E-state index is 11.2. The molecule has 20 heavy (non-hydrogen) atoms. The van der Waals surface area contributed by atoms with Crippen molar-refractivity contribution in [3.63, 3.8) is 0 Å². The van der Waals surface area contributed by atoms with Crippen molar-refractivity contribution in [3.05, 3.63) is 15.8 Å². The lowest BCUT2D eigenvalue weighted by molar-refractivity contribution is -0.0327. The van der Waals surface area contributed by atoms with Crippen LogP contribution in [-0.2, 0) is 11.2 Å². The zero-order chi connectivity index (χ0) is 14.8. The fourth-order valence-corrected chi connectivity index (χ4v) is 3.47. The van der Waals surface area contributed by atoms with E-state index >= 15 is 0 Å². The highest BCUT2D eigenvalue weighted by molar-refractivity contribution is 7.14. The summed E-state index contributed by atoms with van der Waals surface area (Å²) in [6.45, 7) is 6.64. The second-order valence-electron chi connectivity index (χ2n) is 5.81. The number of carbonyl (C=O) groups is 1. The lowest BCUT2D eigenvalue weighted by Crippen LogP contribution is -2.24. The number of carboxylic acid groups (broad SMARTS) is 1. The molecule has 0 aromatic carbocycles. The third-order valence-corrected chi connectivity index (χ3v) is 4.58. The van der Waals surface area contributed by atoms with Gasteiger partial charge >= 0.3 is 5.97 Å². The summed E-state index contributed by atoms with van der Waals surface area (Å²) in [6.07, 6.45) is 3.92. The molecule has 1 aliphatic rings. The molecule has 1 atom stereocenters. The molecule has 0 spiro atoms. The molecule has 1 aromatic heterocycles. The SMILES string of the molecule is CCCc1cc(OCC2CCC(C)(C)O2)c(C(=O)O)s1. The lowest BCUT2D eigenvalue weighted by atomic mass is 10.1. The van der Waals surface area contributed by atoms with Crippen LogP contribution in [0.3, 0.4) is 0 Å². The van der Waals surface area contributed by atoms with E-state index in [-0.39, 0.29) is 11.7 Å². The van der Waals surface area contributed by atoms with E-state index in [2.05, 4.69) is 20.8 Å². The number of thiophene rings is 1. The van der Waals surface area contributed by atoms with Crippen LogP contribution in [0.1, 0.15) is 54.6 Å². The molecule has 1 N–H and O–H groups in total. The number of aryl methyl sites for hydroxylation is 1. The van der Waals surface area contributed by atoms with Gasteiger partial charge < -0.3 is 14.6 Å². The van der Waals surface area contributed by atoms with Crippen LogP contribution in [0, 0.1) is 0 Å². The van der Waals surface area contributed by atoms with Crippen LogP contribution in [0.15, 0.2) is 6.07 Å². The highest BCUT2D eigenvalue weighted by Crippen LogP contribution is 2.33. The summed E-state index contributed by atoms with van der Waals surface area (Å²) in [6, 6.07) is 1.86. The molecule has 1 saturated heterocycles. The average Bonchev–Trinajstić information content (AvgIpc) is 2.91. The molecule has 1 fully saturated rings. The molecule has 112 valence electrons. The van der Waals surface area contributed by atoms with Gasteiger partial charge in [-0.1, -0.05) is 13.3 Å². The third-order valence-electron chi connectivity index (χ3n) is 3.42. The van der Waals surface area contributed by atoms with E-state index in [1.165, 1.54) is 11.3 Å². The van der Waals surface area contributed by atoms with Crippen molar-refractivity contribution in [1.29, 1.82) is 0 Å². The monoisotopic (exact) mass is 298 g/mol. The fraction of sp³-hybridized carbons (Fsp3) is 0.667. The van der Waals surface area contributed by atoms with Gasteiger partial charge in [-0.3, -0.25) is 0 Å². The third kappa shape index (κ3) is 3.73. The molecule has 5 heteroatoms. The zero-order valence-corrected chi connectivity index (χ0v) is 13.1. The fourth-order valence-electron chi connectivity index (χ4n) is 2.43. The van der Waals surface area contributed by atoms with Gasteiger partial charge in [0, 0.05) is 4.88 Å². The number of carboxylic acids is 1. The Morgan fingerprint density at radius 2 is 2.35 bits per heavy atom. The molecule has 0 radical (unpaired) electrons. The predicted molar refractivity (Wildman–Crippen MR) is 79.0 cm³/mol. The molecule has 0 aliphatic carbocycles. The van der Waals surface area contributed by atoms with Crippen molar-refractivity contribution in [1.82, 2.24) is 0 Å². The summed E-state index contributed by atoms with van der Waals surface area (Å²) in [5.74, 6) is -0.431. The Morgan fingerprint density at radius 1 is 1.60 bits per heavy atom. The quantitative estimate of drug-likeness (QED) is 0.869. The molecule has 1 aromatic rings. The standard InChI is InChI=1S/C15H22O4S/c1-4-5-11-8-12(13(20-11)14(16)17)18-9-10-6-7-15(2,3)19-10/h8,10H,4-7,9H2,1-3H3,(H,16,17). The number of hydrogen-bond acceptors (Lipinski definition) is 4. The Balaban J connectivity index is 1.99. The first-order chi connectivity index (χ1) is 9.41. The molecule has 1 aliphatic heterocycles. The number of hydrogen-bond donors (Lipinski definition) is 1. The van der Waals surface area contributed by atoms with E-state index in [1.807, 2.05) is 6.07 Å². The normalized spacial score (nSPS) is 21.1. The largest absolute Gasteiger partial charge is 0.489 e. The van der Waals surface area contributed by atoms with Crippen LogP contribution >= 0.6 is 11.3 Å². The number of aromatic carboxylic acids is 1. The van der Waals surface area contributed by atoms with E-state index in [4.69, 9.17) is 9.47 Å². The summed E-state index contributed by atoms with van der Waals surface area (Å²) in [5.41, 5.74) is -0.0916. The van der Waals surface area contributed by atoms with Crippen molar-refractivity contribution < 1.29 is 19.4 Å². The summed E-state index contributed by atoms with van der Waals surface area (Å²) in [7, 11) is 0. The first kappa shape index (κ1) is 15.3. The first-order valence-electron chi connectivity index (χ1n) is 7.08. The highest BCUT2D eigenvalue weighted by atomic mass is 32.1. The summed E-state index contributed by atoms with van der Waals surface area (Å²) >= 11 is 1.31. The van der Waals surface area contributed by atoms with Gasteiger partial charge in [0.05, 0.1) is 11.7 Å². The van der Waals surface area contributed by atoms with Crippen molar-refractivity contribution in [2.24, 2.45) is 0 Å². The molecular formula is C15H22O4S. The van der Waals surface area contributed by atoms with Crippen LogP contribution < -0.4 is 4.74 Å². The molecule has 4 nitrogen and oxygen atoms in total. The second-order valence-corrected chi connectivity index (χ2v) is 6.95. The van der Waals surface area contributed by atoms with E-state index in [1.54, 1.807) is 0 Å². The van der Waals surface area contributed by atoms with Gasteiger partial charge in [-0.25, -0.2) is 4.79 Å². The lowest BCUT2D eigenvalue weighted by Gasteiger charge is -2.19. The topological polar surface area (TPSA) is 55.8 Å². The van der Waals surface area contributed by atoms with Crippen LogP contribution in [0.2, 0.25) is 0 Å². The Hall–Kier alpha value is -1.07. The minimum atomic E-state index is -0.917. The van der Waals surface area contributed by atoms with Crippen LogP contribution in [0.25, 0.3) is 0 Å². The Bertz CT molecular complexity index is 478. The molecular weight excluding hydrogens is 276 g/mol. The van der Waals surface area contributed by atoms with Gasteiger partial charge in [0.2, 0.25) is 0 Å². The van der Waals surface area contributed by atoms with Crippen LogP contribution in [0.5, 0.6) is 5.75 Å². The Kier molecular flexibility index (Phi) is 4.70. The minimum absolute atomic E-state index is 0.0566. The van der Waals surface area contributed by atoms with Gasteiger partial charge in [-0.2, -0.15) is 0 Å². The first-order valence-corrected chi connectivity index (χ1v) is 7.89. The summed E-state index contributed by atoms with van der Waals surface area (Å²) in [4.78, 5) is 12.6. The van der Waals surface area contributed by atoms with Gasteiger partial charge in [-0.05, 0) is 39.2 Å².